The topological polar surface area (TPSA) is 59.4 Å². The highest BCUT2D eigenvalue weighted by atomic mass is 16.5. The lowest BCUT2D eigenvalue weighted by molar-refractivity contribution is -0.000655. The summed E-state index contributed by atoms with van der Waals surface area (Å²) in [5.74, 6) is -0.0578. The quantitative estimate of drug-likeness (QED) is 0.858. The number of carbonyl (C=O) groups excluding carboxylic acids is 1. The van der Waals surface area contributed by atoms with Crippen LogP contribution in [0.4, 0.5) is 0 Å². The summed E-state index contributed by atoms with van der Waals surface area (Å²) in [5.41, 5.74) is 1.75. The number of ether oxygens (including phenoxy) is 1. The van der Waals surface area contributed by atoms with Crippen molar-refractivity contribution >= 4 is 5.91 Å². The van der Waals surface area contributed by atoms with Crippen LogP contribution in [0.3, 0.4) is 0 Å². The Kier molecular flexibility index (Phi) is 5.56. The smallest absolute Gasteiger partial charge is 0.271 e. The summed E-state index contributed by atoms with van der Waals surface area (Å²) >= 11 is 0. The molecule has 2 saturated heterocycles. The van der Waals surface area contributed by atoms with Gasteiger partial charge in [0.2, 0.25) is 0 Å². The second-order valence-corrected chi connectivity index (χ2v) is 7.28. The number of hydrogen-bond acceptors (Lipinski definition) is 4. The van der Waals surface area contributed by atoms with Crippen LogP contribution >= 0.6 is 0 Å². The van der Waals surface area contributed by atoms with Crippen LogP contribution in [0.5, 0.6) is 0 Å². The van der Waals surface area contributed by atoms with E-state index in [9.17, 15) is 4.79 Å². The summed E-state index contributed by atoms with van der Waals surface area (Å²) in [6.07, 6.45) is 5.52. The number of rotatable bonds is 6. The molecule has 1 aromatic heterocycles. The minimum absolute atomic E-state index is 0.0578. The maximum atomic E-state index is 12.5. The Hall–Kier alpha value is -1.40. The molecule has 2 aliphatic rings. The Balaban J connectivity index is 1.62. The molecule has 2 aliphatic heterocycles. The van der Waals surface area contributed by atoms with Crippen molar-refractivity contribution in [1.29, 1.82) is 0 Å². The summed E-state index contributed by atoms with van der Waals surface area (Å²) in [5, 5.41) is 7.49. The monoisotopic (exact) mass is 334 g/mol. The van der Waals surface area contributed by atoms with Crippen molar-refractivity contribution in [1.82, 2.24) is 20.0 Å². The zero-order valence-corrected chi connectivity index (χ0v) is 15.0. The van der Waals surface area contributed by atoms with Gasteiger partial charge in [-0.1, -0.05) is 6.92 Å². The van der Waals surface area contributed by atoms with Crippen molar-refractivity contribution in [2.24, 2.45) is 12.5 Å². The number of amides is 1. The van der Waals surface area contributed by atoms with Gasteiger partial charge in [-0.05, 0) is 51.3 Å². The number of aromatic nitrogens is 2. The third-order valence-electron chi connectivity index (χ3n) is 5.51. The minimum atomic E-state index is -0.0578. The van der Waals surface area contributed by atoms with Crippen molar-refractivity contribution in [2.45, 2.75) is 39.0 Å². The van der Waals surface area contributed by atoms with Crippen LogP contribution < -0.4 is 5.32 Å². The summed E-state index contributed by atoms with van der Waals surface area (Å²) in [4.78, 5) is 15.1. The van der Waals surface area contributed by atoms with Crippen molar-refractivity contribution in [2.75, 3.05) is 39.4 Å². The van der Waals surface area contributed by atoms with E-state index in [1.165, 1.54) is 25.9 Å². The van der Waals surface area contributed by atoms with Crippen molar-refractivity contribution in [3.63, 3.8) is 0 Å². The first-order valence-corrected chi connectivity index (χ1v) is 9.23. The van der Waals surface area contributed by atoms with Gasteiger partial charge in [0.1, 0.15) is 5.69 Å². The van der Waals surface area contributed by atoms with Gasteiger partial charge in [-0.25, -0.2) is 0 Å². The Morgan fingerprint density at radius 3 is 2.67 bits per heavy atom. The van der Waals surface area contributed by atoms with E-state index in [1.54, 1.807) is 4.68 Å². The SMILES string of the molecule is CCc1cc(C(=O)NCC2(CN3CCCC3)CCOCC2)nn1C. The lowest BCUT2D eigenvalue weighted by atomic mass is 9.79. The second kappa shape index (κ2) is 7.66. The summed E-state index contributed by atoms with van der Waals surface area (Å²) < 4.78 is 7.36. The number of nitrogens with one attached hydrogen (secondary N) is 1. The van der Waals surface area contributed by atoms with Crippen LogP contribution in [0.1, 0.15) is 48.8 Å². The minimum Gasteiger partial charge on any atom is -0.381 e. The molecule has 2 fully saturated rings. The molecule has 1 aromatic rings. The van der Waals surface area contributed by atoms with E-state index >= 15 is 0 Å². The van der Waals surface area contributed by atoms with Gasteiger partial charge < -0.3 is 15.0 Å². The van der Waals surface area contributed by atoms with E-state index in [-0.39, 0.29) is 11.3 Å². The number of likely N-dealkylation sites (tertiary alicyclic amines) is 1. The molecule has 6 nitrogen and oxygen atoms in total. The normalized spacial score (nSPS) is 21.1. The Morgan fingerprint density at radius 1 is 1.33 bits per heavy atom. The summed E-state index contributed by atoms with van der Waals surface area (Å²) in [6, 6.07) is 1.90. The molecule has 134 valence electrons. The highest BCUT2D eigenvalue weighted by Gasteiger charge is 2.35. The summed E-state index contributed by atoms with van der Waals surface area (Å²) in [7, 11) is 1.89. The molecular weight excluding hydrogens is 304 g/mol. The van der Waals surface area contributed by atoms with Gasteiger partial charge in [-0.2, -0.15) is 5.10 Å². The van der Waals surface area contributed by atoms with Gasteiger partial charge >= 0.3 is 0 Å². The van der Waals surface area contributed by atoms with E-state index in [1.807, 2.05) is 13.1 Å². The highest BCUT2D eigenvalue weighted by Crippen LogP contribution is 2.32. The second-order valence-electron chi connectivity index (χ2n) is 7.28. The van der Waals surface area contributed by atoms with Crippen molar-refractivity contribution in [3.05, 3.63) is 17.5 Å². The predicted octanol–water partition coefficient (Wildman–Crippen LogP) is 1.60. The lowest BCUT2D eigenvalue weighted by Gasteiger charge is -2.40. The van der Waals surface area contributed by atoms with Gasteiger partial charge in [0, 0.05) is 44.5 Å². The number of aryl methyl sites for hydroxylation is 2. The van der Waals surface area contributed by atoms with Gasteiger partial charge in [0.05, 0.1) is 0 Å². The third kappa shape index (κ3) is 3.98. The standard InChI is InChI=1S/C18H30N4O2/c1-3-15-12-16(20-21(15)2)17(23)19-13-18(6-10-24-11-7-18)14-22-8-4-5-9-22/h12H,3-11,13-14H2,1-2H3,(H,19,23). The van der Waals surface area contributed by atoms with Crippen molar-refractivity contribution in [3.8, 4) is 0 Å². The molecule has 24 heavy (non-hydrogen) atoms. The molecule has 6 heteroatoms. The van der Waals surface area contributed by atoms with Crippen LogP contribution in [0, 0.1) is 5.41 Å². The molecule has 0 bridgehead atoms. The molecule has 3 heterocycles. The Labute approximate surface area is 144 Å². The average molecular weight is 334 g/mol. The van der Waals surface area contributed by atoms with E-state index in [4.69, 9.17) is 4.74 Å². The van der Waals surface area contributed by atoms with Crippen molar-refractivity contribution < 1.29 is 9.53 Å². The van der Waals surface area contributed by atoms with E-state index in [0.717, 1.165) is 44.7 Å². The molecule has 0 spiro atoms. The van der Waals surface area contributed by atoms with E-state index in [0.29, 0.717) is 12.2 Å². The molecule has 0 aliphatic carbocycles. The first-order chi connectivity index (χ1) is 11.6. The predicted molar refractivity (Wildman–Crippen MR) is 93.1 cm³/mol. The van der Waals surface area contributed by atoms with Crippen LogP contribution in [0.25, 0.3) is 0 Å². The molecule has 3 rings (SSSR count). The number of carbonyl (C=O) groups is 1. The molecule has 0 saturated carbocycles. The fourth-order valence-electron chi connectivity index (χ4n) is 3.92. The Morgan fingerprint density at radius 2 is 2.04 bits per heavy atom. The maximum Gasteiger partial charge on any atom is 0.271 e. The van der Waals surface area contributed by atoms with Crippen LogP contribution in [-0.2, 0) is 18.2 Å². The van der Waals surface area contributed by atoms with Crippen LogP contribution in [0.2, 0.25) is 0 Å². The third-order valence-corrected chi connectivity index (χ3v) is 5.51. The molecule has 0 aromatic carbocycles. The summed E-state index contributed by atoms with van der Waals surface area (Å²) in [6.45, 7) is 7.84. The highest BCUT2D eigenvalue weighted by molar-refractivity contribution is 5.92. The molecule has 0 radical (unpaired) electrons. The first kappa shape index (κ1) is 17.4. The van der Waals surface area contributed by atoms with E-state index < -0.39 is 0 Å². The van der Waals surface area contributed by atoms with Crippen LogP contribution in [0.15, 0.2) is 6.07 Å². The number of hydrogen-bond donors (Lipinski definition) is 1. The fraction of sp³-hybridized carbons (Fsp3) is 0.778. The maximum absolute atomic E-state index is 12.5. The van der Waals surface area contributed by atoms with E-state index in [2.05, 4.69) is 22.2 Å². The van der Waals surface area contributed by atoms with Gasteiger partial charge in [-0.15, -0.1) is 0 Å². The molecule has 1 N–H and O–H groups in total. The fourth-order valence-corrected chi connectivity index (χ4v) is 3.92. The van der Waals surface area contributed by atoms with Crippen LogP contribution in [-0.4, -0.2) is 60.0 Å². The first-order valence-electron chi connectivity index (χ1n) is 9.23. The molecular formula is C18H30N4O2. The van der Waals surface area contributed by atoms with Gasteiger partial charge in [-0.3, -0.25) is 9.48 Å². The Bertz CT molecular complexity index is 557. The number of nitrogens with zero attached hydrogens (tertiary/aromatic N) is 3. The average Bonchev–Trinajstić information content (AvgIpc) is 3.23. The molecule has 0 unspecified atom stereocenters. The zero-order chi connectivity index (χ0) is 17.0. The van der Waals surface area contributed by atoms with Gasteiger partial charge in [0.15, 0.2) is 0 Å². The van der Waals surface area contributed by atoms with Gasteiger partial charge in [0.25, 0.3) is 5.91 Å². The zero-order valence-electron chi connectivity index (χ0n) is 15.0. The molecule has 0 atom stereocenters. The lowest BCUT2D eigenvalue weighted by Crippen LogP contribution is -2.48. The molecule has 1 amide bonds. The largest absolute Gasteiger partial charge is 0.381 e.